The van der Waals surface area contributed by atoms with Crippen LogP contribution in [0, 0.1) is 5.92 Å². The van der Waals surface area contributed by atoms with E-state index in [0.717, 1.165) is 19.0 Å². The van der Waals surface area contributed by atoms with Gasteiger partial charge in [0.1, 0.15) is 0 Å². The molecule has 4 heteroatoms. The highest BCUT2D eigenvalue weighted by molar-refractivity contribution is 9.11. The maximum atomic E-state index is 6.18. The van der Waals surface area contributed by atoms with Gasteiger partial charge in [0.05, 0.1) is 3.79 Å². The maximum Gasteiger partial charge on any atom is 0.0701 e. The summed E-state index contributed by atoms with van der Waals surface area (Å²) in [4.78, 5) is 1.39. The van der Waals surface area contributed by atoms with Crippen LogP contribution in [0.4, 0.5) is 0 Å². The minimum absolute atomic E-state index is 0.413. The van der Waals surface area contributed by atoms with E-state index in [1.165, 1.54) is 34.3 Å². The van der Waals surface area contributed by atoms with Crippen molar-refractivity contribution in [1.29, 1.82) is 0 Å². The molecule has 1 N–H and O–H groups in total. The summed E-state index contributed by atoms with van der Waals surface area (Å²) in [5.74, 6) is 0.777. The lowest BCUT2D eigenvalue weighted by Crippen LogP contribution is -2.27. The molecule has 2 rings (SSSR count). The number of hydrogen-bond acceptors (Lipinski definition) is 2. The van der Waals surface area contributed by atoms with Crippen molar-refractivity contribution >= 4 is 38.9 Å². The van der Waals surface area contributed by atoms with Crippen LogP contribution in [0.1, 0.15) is 30.6 Å². The van der Waals surface area contributed by atoms with Crippen molar-refractivity contribution in [3.8, 4) is 0 Å². The molecule has 90 valence electrons. The molecule has 0 spiro atoms. The molecule has 1 aromatic rings. The van der Waals surface area contributed by atoms with E-state index in [1.54, 1.807) is 11.3 Å². The lowest BCUT2D eigenvalue weighted by Gasteiger charge is -2.25. The summed E-state index contributed by atoms with van der Waals surface area (Å²) < 4.78 is 1.21. The van der Waals surface area contributed by atoms with Crippen LogP contribution < -0.4 is 5.32 Å². The highest BCUT2D eigenvalue weighted by atomic mass is 79.9. The van der Waals surface area contributed by atoms with Crippen LogP contribution in [0.15, 0.2) is 15.9 Å². The fraction of sp³-hybridized carbons (Fsp3) is 0.667. The number of nitrogens with one attached hydrogen (secondary N) is 1. The molecule has 1 aromatic heterocycles. The fourth-order valence-corrected chi connectivity index (χ4v) is 4.12. The normalized spacial score (nSPS) is 25.9. The van der Waals surface area contributed by atoms with Gasteiger partial charge < -0.3 is 5.32 Å². The summed E-state index contributed by atoms with van der Waals surface area (Å²) in [7, 11) is 0. The van der Waals surface area contributed by atoms with Crippen molar-refractivity contribution in [3.63, 3.8) is 0 Å². The Bertz CT molecular complexity index is 329. The van der Waals surface area contributed by atoms with Crippen LogP contribution in [-0.2, 0) is 6.54 Å². The first-order valence-corrected chi connectivity index (χ1v) is 7.87. The lowest BCUT2D eigenvalue weighted by molar-refractivity contribution is 0.346. The topological polar surface area (TPSA) is 12.0 Å². The van der Waals surface area contributed by atoms with Gasteiger partial charge in [-0.25, -0.2) is 0 Å². The van der Waals surface area contributed by atoms with Crippen molar-refractivity contribution in [2.45, 2.75) is 37.6 Å². The molecule has 1 fully saturated rings. The quantitative estimate of drug-likeness (QED) is 0.810. The Labute approximate surface area is 115 Å². The predicted octanol–water partition coefficient (Wildman–Crippen LogP) is 4.40. The first-order chi connectivity index (χ1) is 7.74. The zero-order chi connectivity index (χ0) is 11.4. The number of alkyl halides is 1. The van der Waals surface area contributed by atoms with Crippen molar-refractivity contribution in [2.24, 2.45) is 5.92 Å². The second kappa shape index (κ2) is 6.39. The molecule has 0 amide bonds. The maximum absolute atomic E-state index is 6.18. The van der Waals surface area contributed by atoms with E-state index < -0.39 is 0 Å². The smallest absolute Gasteiger partial charge is 0.0701 e. The Morgan fingerprint density at radius 1 is 1.44 bits per heavy atom. The summed E-state index contributed by atoms with van der Waals surface area (Å²) in [5, 5.41) is 3.95. The lowest BCUT2D eigenvalue weighted by atomic mass is 9.89. The monoisotopic (exact) mass is 321 g/mol. The molecular weight excluding hydrogens is 306 g/mol. The van der Waals surface area contributed by atoms with Gasteiger partial charge in [-0.15, -0.1) is 22.9 Å². The third-order valence-electron chi connectivity index (χ3n) is 3.08. The van der Waals surface area contributed by atoms with Crippen LogP contribution in [-0.4, -0.2) is 11.9 Å². The van der Waals surface area contributed by atoms with Gasteiger partial charge in [-0.05, 0) is 59.8 Å². The van der Waals surface area contributed by atoms with Crippen LogP contribution in [0.2, 0.25) is 0 Å². The van der Waals surface area contributed by atoms with Gasteiger partial charge in [0.15, 0.2) is 0 Å². The van der Waals surface area contributed by atoms with Crippen molar-refractivity contribution < 1.29 is 0 Å². The number of thiophene rings is 1. The standard InChI is InChI=1S/C12H17BrClNS/c13-12-5-4-11(16-12)8-15-7-9-2-1-3-10(14)6-9/h4-5,9-10,15H,1-3,6-8H2. The molecule has 1 heterocycles. The van der Waals surface area contributed by atoms with E-state index in [0.29, 0.717) is 5.38 Å². The third kappa shape index (κ3) is 4.02. The molecule has 0 aromatic carbocycles. The van der Waals surface area contributed by atoms with Crippen molar-refractivity contribution in [1.82, 2.24) is 5.32 Å². The van der Waals surface area contributed by atoms with E-state index in [4.69, 9.17) is 11.6 Å². The van der Waals surface area contributed by atoms with Gasteiger partial charge in [-0.3, -0.25) is 0 Å². The molecule has 2 atom stereocenters. The minimum atomic E-state index is 0.413. The van der Waals surface area contributed by atoms with Gasteiger partial charge in [-0.1, -0.05) is 6.42 Å². The van der Waals surface area contributed by atoms with E-state index in [2.05, 4.69) is 33.4 Å². The van der Waals surface area contributed by atoms with E-state index in [9.17, 15) is 0 Å². The number of rotatable bonds is 4. The van der Waals surface area contributed by atoms with Gasteiger partial charge in [0, 0.05) is 16.8 Å². The summed E-state index contributed by atoms with van der Waals surface area (Å²) in [6.45, 7) is 2.10. The Hall–Kier alpha value is 0.430. The highest BCUT2D eigenvalue weighted by Crippen LogP contribution is 2.27. The molecule has 1 nitrogen and oxygen atoms in total. The summed E-state index contributed by atoms with van der Waals surface area (Å²) >= 11 is 11.5. The average molecular weight is 323 g/mol. The van der Waals surface area contributed by atoms with Gasteiger partial charge in [0.2, 0.25) is 0 Å². The first kappa shape index (κ1) is 12.9. The molecule has 1 aliphatic carbocycles. The van der Waals surface area contributed by atoms with Gasteiger partial charge in [0.25, 0.3) is 0 Å². The van der Waals surface area contributed by atoms with E-state index >= 15 is 0 Å². The SMILES string of the molecule is ClC1CCCC(CNCc2ccc(Br)s2)C1. The molecule has 1 saturated carbocycles. The summed E-state index contributed by atoms with van der Waals surface area (Å²) in [6, 6.07) is 4.28. The number of halogens is 2. The van der Waals surface area contributed by atoms with E-state index in [1.807, 2.05) is 0 Å². The molecule has 1 aliphatic rings. The van der Waals surface area contributed by atoms with Gasteiger partial charge >= 0.3 is 0 Å². The zero-order valence-corrected chi connectivity index (χ0v) is 12.4. The van der Waals surface area contributed by atoms with Crippen molar-refractivity contribution in [2.75, 3.05) is 6.54 Å². The second-order valence-corrected chi connectivity index (χ2v) is 7.63. The van der Waals surface area contributed by atoms with Crippen LogP contribution in [0.5, 0.6) is 0 Å². The predicted molar refractivity (Wildman–Crippen MR) is 75.3 cm³/mol. The average Bonchev–Trinajstić information content (AvgIpc) is 2.64. The molecular formula is C12H17BrClNS. The fourth-order valence-electron chi connectivity index (χ4n) is 2.26. The van der Waals surface area contributed by atoms with Gasteiger partial charge in [-0.2, -0.15) is 0 Å². The summed E-state index contributed by atoms with van der Waals surface area (Å²) in [6.07, 6.45) is 5.02. The molecule has 16 heavy (non-hydrogen) atoms. The molecule has 0 bridgehead atoms. The Balaban J connectivity index is 1.67. The largest absolute Gasteiger partial charge is 0.312 e. The highest BCUT2D eigenvalue weighted by Gasteiger charge is 2.19. The molecule has 2 unspecified atom stereocenters. The molecule has 0 aliphatic heterocycles. The van der Waals surface area contributed by atoms with Crippen LogP contribution >= 0.6 is 38.9 Å². The van der Waals surface area contributed by atoms with Crippen molar-refractivity contribution in [3.05, 3.63) is 20.8 Å². The molecule has 0 radical (unpaired) electrons. The zero-order valence-electron chi connectivity index (χ0n) is 9.22. The Kier molecular flexibility index (Phi) is 5.14. The van der Waals surface area contributed by atoms with Crippen LogP contribution in [0.25, 0.3) is 0 Å². The Morgan fingerprint density at radius 3 is 3.00 bits per heavy atom. The second-order valence-electron chi connectivity index (χ2n) is 4.47. The summed E-state index contributed by atoms with van der Waals surface area (Å²) in [5.41, 5.74) is 0. The first-order valence-electron chi connectivity index (χ1n) is 5.83. The van der Waals surface area contributed by atoms with E-state index in [-0.39, 0.29) is 0 Å². The van der Waals surface area contributed by atoms with Crippen LogP contribution in [0.3, 0.4) is 0 Å². The number of hydrogen-bond donors (Lipinski definition) is 1. The minimum Gasteiger partial charge on any atom is -0.312 e. The molecule has 0 saturated heterocycles. The third-order valence-corrected chi connectivity index (χ3v) is 5.10. The Morgan fingerprint density at radius 2 is 2.31 bits per heavy atom.